The van der Waals surface area contributed by atoms with Crippen molar-refractivity contribution in [3.8, 4) is 11.6 Å². The van der Waals surface area contributed by atoms with E-state index in [1.54, 1.807) is 13.3 Å². The third kappa shape index (κ3) is 6.18. The third-order valence-electron chi connectivity index (χ3n) is 4.80. The molecule has 0 aliphatic rings. The minimum Gasteiger partial charge on any atom is -0.461 e. The van der Waals surface area contributed by atoms with Crippen molar-refractivity contribution in [2.45, 2.75) is 32.5 Å². The standard InChI is InChI=1S/C21H29N7O/c1-16(28(3)15-17-8-5-4-6-9-17)11-12-23-21(22-2)24-14-19-25-20(27-26-19)18-10-7-13-29-18/h4-10,13,16H,11-12,14-15H2,1-3H3,(H2,22,23,24)(H,25,26,27). The molecule has 3 aromatic rings. The van der Waals surface area contributed by atoms with E-state index in [0.717, 1.165) is 31.3 Å². The molecule has 0 aliphatic heterocycles. The predicted molar refractivity (Wildman–Crippen MR) is 114 cm³/mol. The van der Waals surface area contributed by atoms with E-state index in [0.29, 0.717) is 24.2 Å². The summed E-state index contributed by atoms with van der Waals surface area (Å²) in [5.41, 5.74) is 1.33. The summed E-state index contributed by atoms with van der Waals surface area (Å²) in [5, 5.41) is 13.7. The van der Waals surface area contributed by atoms with Crippen LogP contribution in [0.3, 0.4) is 0 Å². The molecule has 1 aromatic carbocycles. The molecule has 0 saturated carbocycles. The number of nitrogens with zero attached hydrogens (tertiary/aromatic N) is 4. The highest BCUT2D eigenvalue weighted by Gasteiger charge is 2.11. The van der Waals surface area contributed by atoms with Gasteiger partial charge in [-0.3, -0.25) is 15.0 Å². The summed E-state index contributed by atoms with van der Waals surface area (Å²) in [6.07, 6.45) is 2.61. The smallest absolute Gasteiger partial charge is 0.216 e. The van der Waals surface area contributed by atoms with E-state index in [1.165, 1.54) is 5.56 Å². The minimum atomic E-state index is 0.450. The van der Waals surface area contributed by atoms with Crippen LogP contribution in [0.1, 0.15) is 24.7 Å². The Morgan fingerprint density at radius 1 is 1.21 bits per heavy atom. The molecule has 29 heavy (non-hydrogen) atoms. The van der Waals surface area contributed by atoms with E-state index >= 15 is 0 Å². The quantitative estimate of drug-likeness (QED) is 0.381. The Bertz CT molecular complexity index is 874. The molecule has 8 nitrogen and oxygen atoms in total. The maximum Gasteiger partial charge on any atom is 0.216 e. The molecule has 3 rings (SSSR count). The van der Waals surface area contributed by atoms with Crippen LogP contribution in [0.25, 0.3) is 11.6 Å². The van der Waals surface area contributed by atoms with Gasteiger partial charge in [0.25, 0.3) is 0 Å². The molecular formula is C21H29N7O. The van der Waals surface area contributed by atoms with E-state index in [-0.39, 0.29) is 0 Å². The highest BCUT2D eigenvalue weighted by molar-refractivity contribution is 5.79. The molecular weight excluding hydrogens is 366 g/mol. The van der Waals surface area contributed by atoms with Gasteiger partial charge in [-0.05, 0) is 38.1 Å². The third-order valence-corrected chi connectivity index (χ3v) is 4.80. The van der Waals surface area contributed by atoms with Crippen LogP contribution in [-0.2, 0) is 13.1 Å². The Morgan fingerprint density at radius 2 is 2.03 bits per heavy atom. The SMILES string of the molecule is CN=C(NCCC(C)N(C)Cc1ccccc1)NCc1nc(-c2ccco2)n[nH]1. The molecule has 2 aromatic heterocycles. The molecule has 0 amide bonds. The minimum absolute atomic E-state index is 0.450. The Kier molecular flexibility index (Phi) is 7.40. The number of H-pyrrole nitrogens is 1. The summed E-state index contributed by atoms with van der Waals surface area (Å²) in [4.78, 5) is 11.0. The number of benzene rings is 1. The molecule has 1 atom stereocenters. The fourth-order valence-electron chi connectivity index (χ4n) is 2.93. The number of furan rings is 1. The zero-order valence-electron chi connectivity index (χ0n) is 17.2. The molecule has 0 bridgehead atoms. The van der Waals surface area contributed by atoms with Gasteiger partial charge in [-0.2, -0.15) is 0 Å². The Balaban J connectivity index is 1.39. The number of hydrogen-bond acceptors (Lipinski definition) is 5. The number of nitrogens with one attached hydrogen (secondary N) is 3. The summed E-state index contributed by atoms with van der Waals surface area (Å²) in [7, 11) is 3.92. The number of aromatic amines is 1. The van der Waals surface area contributed by atoms with Crippen molar-refractivity contribution in [1.29, 1.82) is 0 Å². The lowest BCUT2D eigenvalue weighted by Crippen LogP contribution is -2.39. The average Bonchev–Trinajstić information content (AvgIpc) is 3.42. The molecule has 154 valence electrons. The zero-order chi connectivity index (χ0) is 20.5. The van der Waals surface area contributed by atoms with E-state index in [4.69, 9.17) is 4.42 Å². The lowest BCUT2D eigenvalue weighted by molar-refractivity contribution is 0.238. The number of guanidine groups is 1. The van der Waals surface area contributed by atoms with E-state index in [9.17, 15) is 0 Å². The number of rotatable bonds is 9. The summed E-state index contributed by atoms with van der Waals surface area (Å²) < 4.78 is 5.31. The predicted octanol–water partition coefficient (Wildman–Crippen LogP) is 2.64. The fraction of sp³-hybridized carbons (Fsp3) is 0.381. The van der Waals surface area contributed by atoms with Crippen LogP contribution in [0.4, 0.5) is 0 Å². The lowest BCUT2D eigenvalue weighted by atomic mass is 10.1. The van der Waals surface area contributed by atoms with Crippen molar-refractivity contribution in [2.75, 3.05) is 20.6 Å². The molecule has 0 radical (unpaired) electrons. The van der Waals surface area contributed by atoms with E-state index in [2.05, 4.69) is 73.9 Å². The highest BCUT2D eigenvalue weighted by atomic mass is 16.3. The van der Waals surface area contributed by atoms with Gasteiger partial charge in [0.05, 0.1) is 12.8 Å². The summed E-state index contributed by atoms with van der Waals surface area (Å²) in [6, 6.07) is 14.6. The average molecular weight is 396 g/mol. The van der Waals surface area contributed by atoms with Crippen LogP contribution >= 0.6 is 0 Å². The Hall–Kier alpha value is -3.13. The van der Waals surface area contributed by atoms with Crippen molar-refractivity contribution in [3.05, 3.63) is 60.1 Å². The molecule has 0 saturated heterocycles. The Labute approximate surface area is 171 Å². The maximum atomic E-state index is 5.31. The molecule has 8 heteroatoms. The highest BCUT2D eigenvalue weighted by Crippen LogP contribution is 2.14. The van der Waals surface area contributed by atoms with Gasteiger partial charge in [-0.25, -0.2) is 4.98 Å². The van der Waals surface area contributed by atoms with Crippen LogP contribution in [0, 0.1) is 0 Å². The maximum absolute atomic E-state index is 5.31. The number of aliphatic imine (C=N–C) groups is 1. The molecule has 3 N–H and O–H groups in total. The van der Waals surface area contributed by atoms with Crippen LogP contribution in [0.15, 0.2) is 58.1 Å². The zero-order valence-corrected chi connectivity index (χ0v) is 17.2. The van der Waals surface area contributed by atoms with Crippen LogP contribution in [-0.4, -0.2) is 52.7 Å². The van der Waals surface area contributed by atoms with Crippen molar-refractivity contribution in [3.63, 3.8) is 0 Å². The second-order valence-corrected chi connectivity index (χ2v) is 6.97. The molecule has 0 aliphatic carbocycles. The normalized spacial score (nSPS) is 12.9. The summed E-state index contributed by atoms with van der Waals surface area (Å²) in [6.45, 7) is 4.51. The van der Waals surface area contributed by atoms with Crippen molar-refractivity contribution >= 4 is 5.96 Å². The fourth-order valence-corrected chi connectivity index (χ4v) is 2.93. The molecule has 0 fully saturated rings. The van der Waals surface area contributed by atoms with Gasteiger partial charge in [0.1, 0.15) is 5.82 Å². The van der Waals surface area contributed by atoms with Crippen LogP contribution in [0.5, 0.6) is 0 Å². The second kappa shape index (κ2) is 10.4. The van der Waals surface area contributed by atoms with Crippen LogP contribution < -0.4 is 10.6 Å². The van der Waals surface area contributed by atoms with Gasteiger partial charge in [-0.15, -0.1) is 5.10 Å². The van der Waals surface area contributed by atoms with Crippen molar-refractivity contribution < 1.29 is 4.42 Å². The Morgan fingerprint density at radius 3 is 2.76 bits per heavy atom. The first-order chi connectivity index (χ1) is 14.2. The lowest BCUT2D eigenvalue weighted by Gasteiger charge is -2.25. The first-order valence-electron chi connectivity index (χ1n) is 9.79. The molecule has 2 heterocycles. The van der Waals surface area contributed by atoms with Gasteiger partial charge in [0.2, 0.25) is 5.82 Å². The van der Waals surface area contributed by atoms with Gasteiger partial charge < -0.3 is 15.1 Å². The summed E-state index contributed by atoms with van der Waals surface area (Å²) >= 11 is 0. The van der Waals surface area contributed by atoms with E-state index in [1.807, 2.05) is 18.2 Å². The first kappa shape index (κ1) is 20.6. The van der Waals surface area contributed by atoms with Crippen molar-refractivity contribution in [1.82, 2.24) is 30.7 Å². The molecule has 0 spiro atoms. The number of hydrogen-bond donors (Lipinski definition) is 3. The van der Waals surface area contributed by atoms with Crippen molar-refractivity contribution in [2.24, 2.45) is 4.99 Å². The monoisotopic (exact) mass is 395 g/mol. The van der Waals surface area contributed by atoms with E-state index < -0.39 is 0 Å². The molecule has 1 unspecified atom stereocenters. The van der Waals surface area contributed by atoms with Crippen LogP contribution in [0.2, 0.25) is 0 Å². The first-order valence-corrected chi connectivity index (χ1v) is 9.79. The van der Waals surface area contributed by atoms with Gasteiger partial charge in [0.15, 0.2) is 11.7 Å². The second-order valence-electron chi connectivity index (χ2n) is 6.97. The van der Waals surface area contributed by atoms with Gasteiger partial charge >= 0.3 is 0 Å². The van der Waals surface area contributed by atoms with Gasteiger partial charge in [-0.1, -0.05) is 30.3 Å². The topological polar surface area (TPSA) is 94.4 Å². The summed E-state index contributed by atoms with van der Waals surface area (Å²) in [5.74, 6) is 2.64. The van der Waals surface area contributed by atoms with Gasteiger partial charge in [0, 0.05) is 26.2 Å². The largest absolute Gasteiger partial charge is 0.461 e. The number of aromatic nitrogens is 3.